The number of nitrogens with zero attached hydrogens (tertiary/aromatic N) is 1. The molecule has 2 rings (SSSR count). The maximum absolute atomic E-state index is 13.5. The van der Waals surface area contributed by atoms with Crippen LogP contribution in [0.2, 0.25) is 0 Å². The van der Waals surface area contributed by atoms with Crippen molar-refractivity contribution in [3.8, 4) is 11.5 Å². The Kier molecular flexibility index (Phi) is 7.94. The molecule has 148 valence electrons. The molecule has 0 aliphatic rings. The molecule has 0 bridgehead atoms. The van der Waals surface area contributed by atoms with Gasteiger partial charge in [0.2, 0.25) is 11.8 Å². The second kappa shape index (κ2) is 10.4. The highest BCUT2D eigenvalue weighted by Gasteiger charge is 2.12. The van der Waals surface area contributed by atoms with Gasteiger partial charge >= 0.3 is 0 Å². The van der Waals surface area contributed by atoms with Crippen molar-refractivity contribution in [2.75, 3.05) is 19.0 Å². The van der Waals surface area contributed by atoms with Crippen LogP contribution in [0.25, 0.3) is 0 Å². The fraction of sp³-hybridized carbons (Fsp3) is 0.211. The maximum atomic E-state index is 13.5. The minimum absolute atomic E-state index is 0.00957. The molecule has 0 atom stereocenters. The van der Waals surface area contributed by atoms with Crippen molar-refractivity contribution in [1.29, 1.82) is 0 Å². The number of amides is 2. The third-order valence-electron chi connectivity index (χ3n) is 3.41. The number of hydrogen-bond acceptors (Lipinski definition) is 5. The van der Waals surface area contributed by atoms with Gasteiger partial charge in [0.05, 0.1) is 30.1 Å². The van der Waals surface area contributed by atoms with E-state index in [9.17, 15) is 14.0 Å². The summed E-state index contributed by atoms with van der Waals surface area (Å²) in [6.07, 6.45) is 0.904. The minimum atomic E-state index is -0.649. The van der Waals surface area contributed by atoms with E-state index in [1.54, 1.807) is 18.2 Å². The van der Waals surface area contributed by atoms with Crippen LogP contribution in [0.4, 0.5) is 10.1 Å². The SMILES string of the molecule is CCOc1cc(C=NNC(=O)CC(=O)Nc2ccccc2F)cc(Br)c1OC. The lowest BCUT2D eigenvalue weighted by molar-refractivity contribution is -0.126. The molecule has 0 spiro atoms. The first-order valence-corrected chi connectivity index (χ1v) is 9.10. The molecule has 0 aliphatic carbocycles. The Hall–Kier alpha value is -2.94. The van der Waals surface area contributed by atoms with Gasteiger partial charge in [-0.05, 0) is 52.7 Å². The molecule has 7 nitrogen and oxygen atoms in total. The van der Waals surface area contributed by atoms with E-state index in [0.717, 1.165) is 0 Å². The average molecular weight is 452 g/mol. The fourth-order valence-corrected chi connectivity index (χ4v) is 2.87. The summed E-state index contributed by atoms with van der Waals surface area (Å²) in [5.74, 6) is -0.792. The molecule has 0 radical (unpaired) electrons. The molecule has 0 saturated carbocycles. The van der Waals surface area contributed by atoms with Gasteiger partial charge in [0.15, 0.2) is 11.5 Å². The van der Waals surface area contributed by atoms with Gasteiger partial charge in [0, 0.05) is 0 Å². The second-order valence-corrected chi connectivity index (χ2v) is 6.32. The number of ether oxygens (including phenoxy) is 2. The summed E-state index contributed by atoms with van der Waals surface area (Å²) in [5, 5.41) is 6.15. The van der Waals surface area contributed by atoms with Crippen LogP contribution >= 0.6 is 15.9 Å². The lowest BCUT2D eigenvalue weighted by atomic mass is 10.2. The molecule has 2 aromatic carbocycles. The van der Waals surface area contributed by atoms with Crippen LogP contribution in [0.15, 0.2) is 46.0 Å². The van der Waals surface area contributed by atoms with Crippen molar-refractivity contribution in [3.05, 3.63) is 52.3 Å². The standard InChI is InChI=1S/C19H19BrFN3O4/c1-3-28-16-9-12(8-13(20)19(16)27-2)11-22-24-18(26)10-17(25)23-15-7-5-4-6-14(15)21/h4-9,11H,3,10H2,1-2H3,(H,23,25)(H,24,26). The zero-order valence-electron chi connectivity index (χ0n) is 15.3. The van der Waals surface area contributed by atoms with Gasteiger partial charge in [0.1, 0.15) is 12.2 Å². The highest BCUT2D eigenvalue weighted by atomic mass is 79.9. The number of anilines is 1. The number of rotatable bonds is 8. The van der Waals surface area contributed by atoms with Crippen molar-refractivity contribution in [2.45, 2.75) is 13.3 Å². The van der Waals surface area contributed by atoms with Gasteiger partial charge in [-0.15, -0.1) is 0 Å². The number of hydrazone groups is 1. The molecule has 2 amide bonds. The number of nitrogens with one attached hydrogen (secondary N) is 2. The van der Waals surface area contributed by atoms with Gasteiger partial charge in [-0.3, -0.25) is 9.59 Å². The quantitative estimate of drug-likeness (QED) is 0.365. The molecule has 28 heavy (non-hydrogen) atoms. The van der Waals surface area contributed by atoms with E-state index in [-0.39, 0.29) is 5.69 Å². The molecule has 0 heterocycles. The topological polar surface area (TPSA) is 89.0 Å². The van der Waals surface area contributed by atoms with Crippen LogP contribution in [-0.4, -0.2) is 31.7 Å². The molecule has 2 aromatic rings. The van der Waals surface area contributed by atoms with Gasteiger partial charge < -0.3 is 14.8 Å². The lowest BCUT2D eigenvalue weighted by Crippen LogP contribution is -2.24. The Bertz CT molecular complexity index is 889. The molecule has 0 saturated heterocycles. The third kappa shape index (κ3) is 6.05. The van der Waals surface area contributed by atoms with Gasteiger partial charge in [-0.25, -0.2) is 9.82 Å². The predicted molar refractivity (Wildman–Crippen MR) is 107 cm³/mol. The van der Waals surface area contributed by atoms with Crippen molar-refractivity contribution in [1.82, 2.24) is 5.43 Å². The van der Waals surface area contributed by atoms with E-state index in [0.29, 0.717) is 28.1 Å². The summed E-state index contributed by atoms with van der Waals surface area (Å²) in [4.78, 5) is 23.6. The molecular formula is C19H19BrFN3O4. The Labute approximate surface area is 170 Å². The number of carbonyl (C=O) groups excluding carboxylic acids is 2. The highest BCUT2D eigenvalue weighted by molar-refractivity contribution is 9.10. The van der Waals surface area contributed by atoms with E-state index in [1.165, 1.54) is 31.5 Å². The summed E-state index contributed by atoms with van der Waals surface area (Å²) in [6.45, 7) is 2.30. The highest BCUT2D eigenvalue weighted by Crippen LogP contribution is 2.36. The van der Waals surface area contributed by atoms with Crippen LogP contribution in [0, 0.1) is 5.82 Å². The third-order valence-corrected chi connectivity index (χ3v) is 4.00. The van der Waals surface area contributed by atoms with Crippen LogP contribution in [0.1, 0.15) is 18.9 Å². The Morgan fingerprint density at radius 3 is 2.68 bits per heavy atom. The molecule has 0 fully saturated rings. The largest absolute Gasteiger partial charge is 0.492 e. The summed E-state index contributed by atoms with van der Waals surface area (Å²) in [5.41, 5.74) is 2.91. The lowest BCUT2D eigenvalue weighted by Gasteiger charge is -2.11. The zero-order chi connectivity index (χ0) is 20.5. The summed E-state index contributed by atoms with van der Waals surface area (Å²) in [7, 11) is 1.53. The molecule has 0 aromatic heterocycles. The average Bonchev–Trinajstić information content (AvgIpc) is 2.64. The number of carbonyl (C=O) groups is 2. The smallest absolute Gasteiger partial charge is 0.249 e. The van der Waals surface area contributed by atoms with E-state index in [1.807, 2.05) is 6.92 Å². The number of halogens is 2. The minimum Gasteiger partial charge on any atom is -0.492 e. The number of methoxy groups -OCH3 is 1. The monoisotopic (exact) mass is 451 g/mol. The predicted octanol–water partition coefficient (Wildman–Crippen LogP) is 3.47. The molecule has 9 heteroatoms. The van der Waals surface area contributed by atoms with Crippen LogP contribution in [0.5, 0.6) is 11.5 Å². The summed E-state index contributed by atoms with van der Waals surface area (Å²) < 4.78 is 24.9. The molecule has 2 N–H and O–H groups in total. The summed E-state index contributed by atoms with van der Waals surface area (Å²) >= 11 is 3.38. The first-order chi connectivity index (χ1) is 13.4. The second-order valence-electron chi connectivity index (χ2n) is 5.47. The van der Waals surface area contributed by atoms with Crippen molar-refractivity contribution in [3.63, 3.8) is 0 Å². The van der Waals surface area contributed by atoms with Crippen molar-refractivity contribution < 1.29 is 23.5 Å². The number of benzene rings is 2. The van der Waals surface area contributed by atoms with E-state index >= 15 is 0 Å². The van der Waals surface area contributed by atoms with Gasteiger partial charge in [-0.1, -0.05) is 12.1 Å². The van der Waals surface area contributed by atoms with Crippen molar-refractivity contribution in [2.24, 2.45) is 5.10 Å². The Balaban J connectivity index is 1.94. The molecule has 0 unspecified atom stereocenters. The number of hydrogen-bond donors (Lipinski definition) is 2. The first kappa shape index (κ1) is 21.4. The van der Waals surface area contributed by atoms with Crippen LogP contribution < -0.4 is 20.2 Å². The van der Waals surface area contributed by atoms with Crippen LogP contribution in [0.3, 0.4) is 0 Å². The Morgan fingerprint density at radius 1 is 1.25 bits per heavy atom. The van der Waals surface area contributed by atoms with Gasteiger partial charge in [0.25, 0.3) is 0 Å². The van der Waals surface area contributed by atoms with E-state index in [4.69, 9.17) is 9.47 Å². The first-order valence-electron chi connectivity index (χ1n) is 8.31. The normalized spacial score (nSPS) is 10.6. The van der Waals surface area contributed by atoms with Gasteiger partial charge in [-0.2, -0.15) is 5.10 Å². The van der Waals surface area contributed by atoms with Crippen LogP contribution in [-0.2, 0) is 9.59 Å². The van der Waals surface area contributed by atoms with Crippen molar-refractivity contribution >= 4 is 39.6 Å². The zero-order valence-corrected chi connectivity index (χ0v) is 16.9. The maximum Gasteiger partial charge on any atom is 0.249 e. The molecule has 0 aliphatic heterocycles. The van der Waals surface area contributed by atoms with E-state index < -0.39 is 24.1 Å². The summed E-state index contributed by atoms with van der Waals surface area (Å²) in [6, 6.07) is 9.13. The molecular weight excluding hydrogens is 433 g/mol. The fourth-order valence-electron chi connectivity index (χ4n) is 2.24. The van der Waals surface area contributed by atoms with E-state index in [2.05, 4.69) is 31.8 Å². The Morgan fingerprint density at radius 2 is 2.00 bits per heavy atom. The number of para-hydroxylation sites is 1.